The van der Waals surface area contributed by atoms with Crippen LogP contribution in [0.2, 0.25) is 10.3 Å². The number of likely N-dealkylation sites (N-methyl/N-ethyl adjacent to an activating group) is 1. The van der Waals surface area contributed by atoms with Crippen LogP contribution in [0, 0.1) is 0 Å². The maximum Gasteiger partial charge on any atom is 0.239 e. The number of anilines is 1. The second-order valence-electron chi connectivity index (χ2n) is 2.36. The minimum Gasteiger partial charge on any atom is -0.360 e. The number of rotatable bonds is 3. The van der Waals surface area contributed by atoms with Gasteiger partial charge < -0.3 is 10.6 Å². The molecular formula is C7H8Cl2N4O. The SMILES string of the molecule is CNC(=O)CNc1nc(Cl)ncc1Cl. The van der Waals surface area contributed by atoms with Crippen LogP contribution in [-0.4, -0.2) is 29.5 Å². The van der Waals surface area contributed by atoms with Gasteiger partial charge in [-0.2, -0.15) is 4.98 Å². The topological polar surface area (TPSA) is 66.9 Å². The predicted molar refractivity (Wildman–Crippen MR) is 54.6 cm³/mol. The van der Waals surface area contributed by atoms with Gasteiger partial charge in [0.25, 0.3) is 0 Å². The second-order valence-corrected chi connectivity index (χ2v) is 3.11. The lowest BCUT2D eigenvalue weighted by atomic mass is 10.5. The fourth-order valence-electron chi connectivity index (χ4n) is 0.722. The first-order chi connectivity index (χ1) is 6.63. The highest BCUT2D eigenvalue weighted by Gasteiger charge is 2.05. The molecule has 1 heterocycles. The van der Waals surface area contributed by atoms with Crippen LogP contribution in [-0.2, 0) is 4.79 Å². The average molecular weight is 235 g/mol. The van der Waals surface area contributed by atoms with Gasteiger partial charge >= 0.3 is 0 Å². The molecule has 0 saturated carbocycles. The van der Waals surface area contributed by atoms with Crippen LogP contribution < -0.4 is 10.6 Å². The van der Waals surface area contributed by atoms with E-state index in [1.54, 1.807) is 7.05 Å². The fourth-order valence-corrected chi connectivity index (χ4v) is 1.01. The van der Waals surface area contributed by atoms with Crippen molar-refractivity contribution in [1.82, 2.24) is 15.3 Å². The lowest BCUT2D eigenvalue weighted by Crippen LogP contribution is -2.26. The quantitative estimate of drug-likeness (QED) is 0.765. The van der Waals surface area contributed by atoms with Gasteiger partial charge in [0.1, 0.15) is 10.8 Å². The number of amides is 1. The van der Waals surface area contributed by atoms with Gasteiger partial charge in [-0.05, 0) is 11.6 Å². The molecule has 76 valence electrons. The number of nitrogens with zero attached hydrogens (tertiary/aromatic N) is 2. The summed E-state index contributed by atoms with van der Waals surface area (Å²) in [4.78, 5) is 18.4. The molecule has 1 rings (SSSR count). The van der Waals surface area contributed by atoms with Crippen molar-refractivity contribution in [3.8, 4) is 0 Å². The number of carbonyl (C=O) groups is 1. The number of carbonyl (C=O) groups excluding carboxylic acids is 1. The first-order valence-electron chi connectivity index (χ1n) is 3.76. The first-order valence-corrected chi connectivity index (χ1v) is 4.51. The molecular weight excluding hydrogens is 227 g/mol. The molecule has 5 nitrogen and oxygen atoms in total. The van der Waals surface area contributed by atoms with E-state index in [9.17, 15) is 4.79 Å². The van der Waals surface area contributed by atoms with Crippen molar-refractivity contribution in [2.24, 2.45) is 0 Å². The summed E-state index contributed by atoms with van der Waals surface area (Å²) >= 11 is 11.3. The van der Waals surface area contributed by atoms with Gasteiger partial charge in [-0.25, -0.2) is 4.98 Å². The Morgan fingerprint density at radius 3 is 2.93 bits per heavy atom. The summed E-state index contributed by atoms with van der Waals surface area (Å²) < 4.78 is 0. The summed E-state index contributed by atoms with van der Waals surface area (Å²) in [7, 11) is 1.54. The molecule has 0 radical (unpaired) electrons. The summed E-state index contributed by atoms with van der Waals surface area (Å²) in [6.07, 6.45) is 1.36. The molecule has 1 aromatic heterocycles. The van der Waals surface area contributed by atoms with Crippen LogP contribution in [0.15, 0.2) is 6.20 Å². The monoisotopic (exact) mass is 234 g/mol. The minimum atomic E-state index is -0.171. The molecule has 0 unspecified atom stereocenters. The number of hydrogen-bond donors (Lipinski definition) is 2. The van der Waals surface area contributed by atoms with E-state index >= 15 is 0 Å². The van der Waals surface area contributed by atoms with E-state index in [1.807, 2.05) is 0 Å². The molecule has 0 atom stereocenters. The zero-order valence-corrected chi connectivity index (χ0v) is 8.85. The molecule has 0 saturated heterocycles. The normalized spacial score (nSPS) is 9.64. The highest BCUT2D eigenvalue weighted by atomic mass is 35.5. The molecule has 0 aromatic carbocycles. The van der Waals surface area contributed by atoms with Crippen LogP contribution in [0.4, 0.5) is 5.82 Å². The molecule has 1 aromatic rings. The van der Waals surface area contributed by atoms with Gasteiger partial charge in [0.2, 0.25) is 11.2 Å². The van der Waals surface area contributed by atoms with E-state index in [-0.39, 0.29) is 17.7 Å². The molecule has 0 fully saturated rings. The smallest absolute Gasteiger partial charge is 0.239 e. The van der Waals surface area contributed by atoms with Crippen LogP contribution in [0.5, 0.6) is 0 Å². The van der Waals surface area contributed by atoms with Crippen LogP contribution >= 0.6 is 23.2 Å². The average Bonchev–Trinajstić information content (AvgIpc) is 2.19. The molecule has 0 aliphatic heterocycles. The van der Waals surface area contributed by atoms with Crippen molar-refractivity contribution in [2.45, 2.75) is 0 Å². The lowest BCUT2D eigenvalue weighted by molar-refractivity contribution is -0.118. The largest absolute Gasteiger partial charge is 0.360 e. The maximum absolute atomic E-state index is 10.9. The Hall–Kier alpha value is -1.07. The van der Waals surface area contributed by atoms with Gasteiger partial charge in [0, 0.05) is 7.05 Å². The molecule has 2 N–H and O–H groups in total. The van der Waals surface area contributed by atoms with Gasteiger partial charge in [-0.15, -0.1) is 0 Å². The summed E-state index contributed by atoms with van der Waals surface area (Å²) in [5.41, 5.74) is 0. The molecule has 0 aliphatic rings. The third-order valence-corrected chi connectivity index (χ3v) is 1.87. The molecule has 0 bridgehead atoms. The number of aromatic nitrogens is 2. The first kappa shape index (κ1) is 11.0. The minimum absolute atomic E-state index is 0.0776. The Morgan fingerprint density at radius 2 is 2.29 bits per heavy atom. The van der Waals surface area contributed by atoms with E-state index in [4.69, 9.17) is 23.2 Å². The van der Waals surface area contributed by atoms with Crippen LogP contribution in [0.3, 0.4) is 0 Å². The zero-order chi connectivity index (χ0) is 10.6. The van der Waals surface area contributed by atoms with E-state index in [1.165, 1.54) is 6.20 Å². The third-order valence-electron chi connectivity index (χ3n) is 1.41. The summed E-state index contributed by atoms with van der Waals surface area (Å²) in [5, 5.41) is 5.57. The molecule has 0 aliphatic carbocycles. The van der Waals surface area contributed by atoms with Crippen molar-refractivity contribution in [2.75, 3.05) is 18.9 Å². The second kappa shape index (κ2) is 4.97. The summed E-state index contributed by atoms with van der Waals surface area (Å²) in [5.74, 6) is 0.172. The van der Waals surface area contributed by atoms with Gasteiger partial charge in [0.15, 0.2) is 0 Å². The van der Waals surface area contributed by atoms with E-state index in [0.29, 0.717) is 10.8 Å². The van der Waals surface area contributed by atoms with Gasteiger partial charge in [-0.1, -0.05) is 11.6 Å². The van der Waals surface area contributed by atoms with E-state index in [0.717, 1.165) is 0 Å². The Kier molecular flexibility index (Phi) is 3.91. The molecule has 1 amide bonds. The Labute approximate surface area is 90.8 Å². The standard InChI is InChI=1S/C7H8Cl2N4O/c1-10-5(14)3-11-6-4(8)2-12-7(9)13-6/h2H,3H2,1H3,(H,10,14)(H,11,12,13). The van der Waals surface area contributed by atoms with Crippen molar-refractivity contribution >= 4 is 34.9 Å². The molecule has 7 heteroatoms. The predicted octanol–water partition coefficient (Wildman–Crippen LogP) is 0.941. The Bertz CT molecular complexity index is 344. The highest BCUT2D eigenvalue weighted by Crippen LogP contribution is 2.18. The lowest BCUT2D eigenvalue weighted by Gasteiger charge is -2.05. The van der Waals surface area contributed by atoms with Crippen LogP contribution in [0.1, 0.15) is 0 Å². The van der Waals surface area contributed by atoms with Gasteiger partial charge in [-0.3, -0.25) is 4.79 Å². The van der Waals surface area contributed by atoms with Crippen molar-refractivity contribution < 1.29 is 4.79 Å². The fraction of sp³-hybridized carbons (Fsp3) is 0.286. The highest BCUT2D eigenvalue weighted by molar-refractivity contribution is 6.33. The Morgan fingerprint density at radius 1 is 1.57 bits per heavy atom. The van der Waals surface area contributed by atoms with E-state index in [2.05, 4.69) is 20.6 Å². The number of hydrogen-bond acceptors (Lipinski definition) is 4. The number of nitrogens with one attached hydrogen (secondary N) is 2. The zero-order valence-electron chi connectivity index (χ0n) is 7.34. The van der Waals surface area contributed by atoms with E-state index < -0.39 is 0 Å². The van der Waals surface area contributed by atoms with Gasteiger partial charge in [0.05, 0.1) is 12.7 Å². The maximum atomic E-state index is 10.9. The molecule has 14 heavy (non-hydrogen) atoms. The van der Waals surface area contributed by atoms with Crippen molar-refractivity contribution in [1.29, 1.82) is 0 Å². The summed E-state index contributed by atoms with van der Waals surface area (Å²) in [6.45, 7) is 0.0869. The van der Waals surface area contributed by atoms with Crippen molar-refractivity contribution in [3.63, 3.8) is 0 Å². The number of halogens is 2. The third kappa shape index (κ3) is 3.01. The van der Waals surface area contributed by atoms with Crippen LogP contribution in [0.25, 0.3) is 0 Å². The Balaban J connectivity index is 2.66. The summed E-state index contributed by atoms with van der Waals surface area (Å²) in [6, 6.07) is 0. The van der Waals surface area contributed by atoms with Crippen molar-refractivity contribution in [3.05, 3.63) is 16.5 Å². The molecule has 0 spiro atoms.